The first-order valence-electron chi connectivity index (χ1n) is 5.23. The molecule has 0 bridgehead atoms. The molecule has 0 amide bonds. The third kappa shape index (κ3) is 8.41. The van der Waals surface area contributed by atoms with Crippen LogP contribution in [0.15, 0.2) is 0 Å². The Bertz CT molecular complexity index is 75.9. The Balaban J connectivity index is 3.04. The molecule has 0 unspecified atom stereocenters. The number of rotatable bonds is 8. The zero-order valence-electron chi connectivity index (χ0n) is 8.64. The van der Waals surface area contributed by atoms with Gasteiger partial charge in [0.1, 0.15) is 11.5 Å². The molecular weight excluding hydrogens is 166 g/mol. The summed E-state index contributed by atoms with van der Waals surface area (Å²) in [5.41, 5.74) is 0. The van der Waals surface area contributed by atoms with E-state index in [1.165, 1.54) is 50.0 Å². The maximum atomic E-state index is 5.98. The van der Waals surface area contributed by atoms with Gasteiger partial charge in [-0.15, -0.1) is 0 Å². The normalized spacial score (nSPS) is 11.0. The molecule has 0 saturated carbocycles. The van der Waals surface area contributed by atoms with Crippen molar-refractivity contribution in [2.75, 3.05) is 11.5 Å². The quantitative estimate of drug-likeness (QED) is 0.462. The molecule has 0 atom stereocenters. The predicted octanol–water partition coefficient (Wildman–Crippen LogP) is 2.86. The highest BCUT2D eigenvalue weighted by atomic mass is 32.2. The van der Waals surface area contributed by atoms with Gasteiger partial charge in [0, 0.05) is 0 Å². The van der Waals surface area contributed by atoms with Crippen LogP contribution >= 0.6 is 0 Å². The molecule has 0 aromatic rings. The molecule has 12 heavy (non-hydrogen) atoms. The third-order valence-corrected chi connectivity index (χ3v) is 3.65. The van der Waals surface area contributed by atoms with Crippen molar-refractivity contribution in [3.05, 3.63) is 0 Å². The van der Waals surface area contributed by atoms with Crippen molar-refractivity contribution in [2.24, 2.45) is 5.14 Å². The third-order valence-electron chi connectivity index (χ3n) is 2.02. The fraction of sp³-hybridized carbons (Fsp3) is 1.00. The van der Waals surface area contributed by atoms with E-state index in [1.807, 2.05) is 0 Å². The van der Waals surface area contributed by atoms with Crippen molar-refractivity contribution in [2.45, 2.75) is 52.4 Å². The number of hydrogen-bond donors (Lipinski definition) is 1. The molecule has 0 heterocycles. The summed E-state index contributed by atoms with van der Waals surface area (Å²) in [6, 6.07) is 0. The highest BCUT2D eigenvalue weighted by molar-refractivity contribution is 7.94. The lowest BCUT2D eigenvalue weighted by Crippen LogP contribution is -2.21. The Morgan fingerprint density at radius 1 is 0.833 bits per heavy atom. The average molecular weight is 190 g/mol. The molecule has 0 aromatic heterocycles. The molecule has 0 aliphatic rings. The van der Waals surface area contributed by atoms with Crippen LogP contribution in [0.3, 0.4) is 0 Å². The van der Waals surface area contributed by atoms with Crippen molar-refractivity contribution < 1.29 is 0 Å². The number of nitrogens with two attached hydrogens (primary N) is 1. The van der Waals surface area contributed by atoms with Crippen LogP contribution in [-0.2, 0) is 11.1 Å². The summed E-state index contributed by atoms with van der Waals surface area (Å²) in [6.45, 7) is 4.48. The Morgan fingerprint density at radius 2 is 1.25 bits per heavy atom. The zero-order valence-corrected chi connectivity index (χ0v) is 9.46. The number of hydrogen-bond acceptors (Lipinski definition) is 1. The van der Waals surface area contributed by atoms with Crippen LogP contribution in [0.25, 0.3) is 0 Å². The molecule has 0 spiro atoms. The van der Waals surface area contributed by atoms with Crippen LogP contribution in [0, 0.1) is 0 Å². The van der Waals surface area contributed by atoms with Crippen LogP contribution in [0.5, 0.6) is 0 Å². The van der Waals surface area contributed by atoms with Crippen LogP contribution in [0.1, 0.15) is 52.4 Å². The summed E-state index contributed by atoms with van der Waals surface area (Å²) >= 11 is 0.227. The summed E-state index contributed by atoms with van der Waals surface area (Å²) in [6.07, 6.45) is 8.01. The van der Waals surface area contributed by atoms with Crippen LogP contribution in [0.2, 0.25) is 0 Å². The summed E-state index contributed by atoms with van der Waals surface area (Å²) < 4.78 is 0. The maximum Gasteiger partial charge on any atom is 0.127 e. The van der Waals surface area contributed by atoms with E-state index in [0.717, 1.165) is 0 Å². The van der Waals surface area contributed by atoms with Gasteiger partial charge in [0.2, 0.25) is 0 Å². The molecule has 0 aliphatic carbocycles. The smallest absolute Gasteiger partial charge is 0.127 e. The van der Waals surface area contributed by atoms with Gasteiger partial charge in [0.15, 0.2) is 0 Å². The Morgan fingerprint density at radius 3 is 1.58 bits per heavy atom. The van der Waals surface area contributed by atoms with Crippen molar-refractivity contribution in [1.29, 1.82) is 0 Å². The van der Waals surface area contributed by atoms with Crippen molar-refractivity contribution in [3.8, 4) is 0 Å². The molecule has 0 radical (unpaired) electrons. The van der Waals surface area contributed by atoms with E-state index in [9.17, 15) is 0 Å². The van der Waals surface area contributed by atoms with E-state index in [2.05, 4.69) is 13.8 Å². The highest BCUT2D eigenvalue weighted by Gasteiger charge is 2.09. The Labute approximate surface area is 80.6 Å². The monoisotopic (exact) mass is 190 g/mol. The first-order valence-corrected chi connectivity index (χ1v) is 6.85. The lowest BCUT2D eigenvalue weighted by Gasteiger charge is -2.00. The number of unbranched alkanes of at least 4 members (excludes halogenated alkanes) is 4. The standard InChI is InChI=1S/C10H24NS/c1-3-5-7-9-12(11)10-8-6-4-2/h3-11H2,1-2H3/q+1. The van der Waals surface area contributed by atoms with Gasteiger partial charge in [-0.1, -0.05) is 26.7 Å². The van der Waals surface area contributed by atoms with Gasteiger partial charge in [0.25, 0.3) is 0 Å². The van der Waals surface area contributed by atoms with E-state index in [0.29, 0.717) is 0 Å². The van der Waals surface area contributed by atoms with Gasteiger partial charge in [-0.3, -0.25) is 0 Å². The molecule has 0 rings (SSSR count). The second kappa shape index (κ2) is 9.40. The molecular formula is C10H24NS+. The van der Waals surface area contributed by atoms with E-state index >= 15 is 0 Å². The second-order valence-electron chi connectivity index (χ2n) is 3.36. The summed E-state index contributed by atoms with van der Waals surface area (Å²) in [7, 11) is 0. The molecule has 1 nitrogen and oxygen atoms in total. The molecule has 2 N–H and O–H groups in total. The zero-order chi connectivity index (χ0) is 9.23. The maximum absolute atomic E-state index is 5.98. The molecule has 0 saturated heterocycles. The van der Waals surface area contributed by atoms with Crippen LogP contribution in [0.4, 0.5) is 0 Å². The minimum Gasteiger partial charge on any atom is -0.151 e. The van der Waals surface area contributed by atoms with Crippen LogP contribution < -0.4 is 5.14 Å². The predicted molar refractivity (Wildman–Crippen MR) is 60.3 cm³/mol. The molecule has 0 fully saturated rings. The lowest BCUT2D eigenvalue weighted by molar-refractivity contribution is 0.764. The Kier molecular flexibility index (Phi) is 9.64. The summed E-state index contributed by atoms with van der Waals surface area (Å²) in [4.78, 5) is 0. The minimum absolute atomic E-state index is 0.227. The topological polar surface area (TPSA) is 26.0 Å². The molecule has 0 aromatic carbocycles. The van der Waals surface area contributed by atoms with Gasteiger partial charge in [-0.25, -0.2) is 0 Å². The van der Waals surface area contributed by atoms with Crippen molar-refractivity contribution >= 4 is 11.1 Å². The lowest BCUT2D eigenvalue weighted by atomic mass is 10.3. The van der Waals surface area contributed by atoms with Gasteiger partial charge >= 0.3 is 0 Å². The molecule has 0 aliphatic heterocycles. The second-order valence-corrected chi connectivity index (χ2v) is 5.25. The minimum atomic E-state index is 0.227. The first-order chi connectivity index (χ1) is 5.81. The fourth-order valence-corrected chi connectivity index (χ4v) is 2.53. The largest absolute Gasteiger partial charge is 0.151 e. The summed E-state index contributed by atoms with van der Waals surface area (Å²) in [5.74, 6) is 2.52. The summed E-state index contributed by atoms with van der Waals surface area (Å²) in [5, 5.41) is 5.98. The van der Waals surface area contributed by atoms with Gasteiger partial charge in [-0.05, 0) is 25.7 Å². The van der Waals surface area contributed by atoms with Gasteiger partial charge < -0.3 is 0 Å². The van der Waals surface area contributed by atoms with E-state index in [1.54, 1.807) is 0 Å². The van der Waals surface area contributed by atoms with Crippen LogP contribution in [-0.4, -0.2) is 11.5 Å². The van der Waals surface area contributed by atoms with Crippen molar-refractivity contribution in [1.82, 2.24) is 0 Å². The van der Waals surface area contributed by atoms with Gasteiger partial charge in [0.05, 0.1) is 11.1 Å². The molecule has 2 heteroatoms. The highest BCUT2D eigenvalue weighted by Crippen LogP contribution is 2.02. The molecule has 74 valence electrons. The van der Waals surface area contributed by atoms with Gasteiger partial charge in [-0.2, -0.15) is 5.14 Å². The van der Waals surface area contributed by atoms with E-state index < -0.39 is 0 Å². The van der Waals surface area contributed by atoms with E-state index in [-0.39, 0.29) is 11.1 Å². The van der Waals surface area contributed by atoms with Crippen molar-refractivity contribution in [3.63, 3.8) is 0 Å². The Hall–Kier alpha value is 0.310. The average Bonchev–Trinajstić information content (AvgIpc) is 2.06. The first kappa shape index (κ1) is 12.3. The SMILES string of the molecule is CCCCC[S+](N)CCCCC. The fourth-order valence-electron chi connectivity index (χ4n) is 1.18. The van der Waals surface area contributed by atoms with E-state index in [4.69, 9.17) is 5.14 Å².